The van der Waals surface area contributed by atoms with Gasteiger partial charge in [0.05, 0.1) is 20.8 Å². The van der Waals surface area contributed by atoms with E-state index in [2.05, 4.69) is 60.1 Å². The molecule has 0 bridgehead atoms. The summed E-state index contributed by atoms with van der Waals surface area (Å²) in [5.74, 6) is 0.818. The van der Waals surface area contributed by atoms with E-state index in [1.54, 1.807) is 23.4 Å². The van der Waals surface area contributed by atoms with Crippen molar-refractivity contribution in [2.75, 3.05) is 19.6 Å². The number of rotatable bonds is 15. The molecule has 0 saturated carbocycles. The largest absolute Gasteiger partial charge is 0.444 e. The van der Waals surface area contributed by atoms with Gasteiger partial charge in [-0.05, 0) is 31.2 Å². The molecule has 0 aliphatic rings. The van der Waals surface area contributed by atoms with Crippen LogP contribution in [0.5, 0.6) is 0 Å². The molecule has 2 heterocycles. The van der Waals surface area contributed by atoms with Crippen LogP contribution in [0, 0.1) is 11.8 Å². The van der Waals surface area contributed by atoms with E-state index in [4.69, 9.17) is 9.47 Å². The molecule has 2 atom stereocenters. The summed E-state index contributed by atoms with van der Waals surface area (Å²) in [5, 5.41) is 6.06. The molecule has 2 aromatic rings. The van der Waals surface area contributed by atoms with E-state index in [1.807, 2.05) is 0 Å². The quantitative estimate of drug-likeness (QED) is 0.341. The van der Waals surface area contributed by atoms with Gasteiger partial charge in [0.1, 0.15) is 13.2 Å². The number of carbonyl (C=O) groups excluding carboxylic acids is 2. The summed E-state index contributed by atoms with van der Waals surface area (Å²) < 4.78 is 10.8. The Kier molecular flexibility index (Phi) is 13.0. The number of alkyl carbamates (subject to hydrolysis) is 2. The fourth-order valence-corrected chi connectivity index (χ4v) is 4.78. The first kappa shape index (κ1) is 29.0. The van der Waals surface area contributed by atoms with Crippen LogP contribution in [0.4, 0.5) is 9.59 Å². The second kappa shape index (κ2) is 15.7. The predicted octanol–water partition coefficient (Wildman–Crippen LogP) is 4.90. The molecule has 2 amide bonds. The van der Waals surface area contributed by atoms with Crippen molar-refractivity contribution < 1.29 is 19.1 Å². The monoisotopic (exact) mass is 525 g/mol. The van der Waals surface area contributed by atoms with Gasteiger partial charge >= 0.3 is 12.2 Å². The predicted molar refractivity (Wildman–Crippen MR) is 139 cm³/mol. The lowest BCUT2D eigenvalue weighted by Crippen LogP contribution is -2.49. The molecule has 2 aromatic heterocycles. The maximum atomic E-state index is 12.4. The molecule has 2 N–H and O–H groups in total. The number of hydrogen-bond acceptors (Lipinski definition) is 9. The third kappa shape index (κ3) is 12.3. The summed E-state index contributed by atoms with van der Waals surface area (Å²) in [5.41, 5.74) is 3.43. The SMILES string of the molecule is CCN(C[C@@H](CC(C)C)NC(=O)OCc1cncs1)C[C@@H](CC(C)C)NC(=O)OCc1cncs1. The number of hydrogen-bond donors (Lipinski definition) is 2. The highest BCUT2D eigenvalue weighted by atomic mass is 32.1. The Balaban J connectivity index is 1.91. The Hall–Kier alpha value is -2.24. The lowest BCUT2D eigenvalue weighted by atomic mass is 10.0. The first-order valence-corrected chi connectivity index (χ1v) is 13.8. The maximum absolute atomic E-state index is 12.4. The van der Waals surface area contributed by atoms with Crippen LogP contribution in [0.3, 0.4) is 0 Å². The Morgan fingerprint density at radius 2 is 1.29 bits per heavy atom. The Labute approximate surface area is 216 Å². The third-order valence-electron chi connectivity index (χ3n) is 5.22. The first-order valence-electron chi connectivity index (χ1n) is 12.1. The molecular formula is C24H39N5O4S2. The van der Waals surface area contributed by atoms with Gasteiger partial charge in [-0.15, -0.1) is 22.7 Å². The molecule has 0 spiro atoms. The van der Waals surface area contributed by atoms with E-state index in [1.165, 1.54) is 22.7 Å². The molecule has 0 unspecified atom stereocenters. The summed E-state index contributed by atoms with van der Waals surface area (Å²) in [6.45, 7) is 13.2. The molecule has 0 aliphatic heterocycles. The van der Waals surface area contributed by atoms with Gasteiger partial charge in [0.2, 0.25) is 0 Å². The molecule has 11 heteroatoms. The molecule has 35 heavy (non-hydrogen) atoms. The minimum absolute atomic E-state index is 0.0677. The van der Waals surface area contributed by atoms with E-state index in [0.717, 1.165) is 29.1 Å². The second-order valence-electron chi connectivity index (χ2n) is 9.38. The molecule has 0 aromatic carbocycles. The van der Waals surface area contributed by atoms with E-state index >= 15 is 0 Å². The van der Waals surface area contributed by atoms with E-state index in [-0.39, 0.29) is 25.3 Å². The molecule has 2 rings (SSSR count). The lowest BCUT2D eigenvalue weighted by molar-refractivity contribution is 0.124. The molecule has 0 saturated heterocycles. The van der Waals surface area contributed by atoms with Crippen molar-refractivity contribution in [1.82, 2.24) is 25.5 Å². The Morgan fingerprint density at radius 1 is 0.857 bits per heavy atom. The molecular weight excluding hydrogens is 486 g/mol. The average Bonchev–Trinajstić information content (AvgIpc) is 3.49. The van der Waals surface area contributed by atoms with Crippen molar-refractivity contribution in [3.63, 3.8) is 0 Å². The zero-order valence-electron chi connectivity index (χ0n) is 21.4. The highest BCUT2D eigenvalue weighted by Crippen LogP contribution is 2.13. The molecule has 9 nitrogen and oxygen atoms in total. The zero-order chi connectivity index (χ0) is 25.6. The van der Waals surface area contributed by atoms with E-state index in [9.17, 15) is 9.59 Å². The number of ether oxygens (including phenoxy) is 2. The minimum atomic E-state index is -0.427. The Bertz CT molecular complexity index is 778. The number of likely N-dealkylation sites (N-methyl/N-ethyl adjacent to an activating group) is 1. The normalized spacial score (nSPS) is 13.1. The minimum Gasteiger partial charge on any atom is -0.444 e. The van der Waals surface area contributed by atoms with Crippen molar-refractivity contribution in [3.05, 3.63) is 33.2 Å². The molecule has 196 valence electrons. The number of aromatic nitrogens is 2. The number of nitrogens with one attached hydrogen (secondary N) is 2. The van der Waals surface area contributed by atoms with Gasteiger partial charge in [-0.2, -0.15) is 0 Å². The fourth-order valence-electron chi connectivity index (χ4n) is 3.77. The average molecular weight is 526 g/mol. The van der Waals surface area contributed by atoms with Crippen molar-refractivity contribution in [3.8, 4) is 0 Å². The van der Waals surface area contributed by atoms with Crippen LogP contribution in [0.2, 0.25) is 0 Å². The van der Waals surface area contributed by atoms with Crippen LogP contribution in [0.25, 0.3) is 0 Å². The molecule has 0 aliphatic carbocycles. The highest BCUT2D eigenvalue weighted by molar-refractivity contribution is 7.09. The Morgan fingerprint density at radius 3 is 1.60 bits per heavy atom. The summed E-state index contributed by atoms with van der Waals surface area (Å²) in [7, 11) is 0. The standard InChI is InChI=1S/C24H39N5O4S2/c1-6-29(11-19(7-17(2)3)27-23(30)32-13-21-9-25-15-34-21)12-20(8-18(4)5)28-24(31)33-14-22-10-26-16-35-22/h9-10,15-20H,6-8,11-14H2,1-5H3,(H,27,30)(H,28,31)/t19-,20-/m1/s1. The molecule has 0 fully saturated rings. The zero-order valence-corrected chi connectivity index (χ0v) is 23.0. The second-order valence-corrected chi connectivity index (χ2v) is 11.3. The van der Waals surface area contributed by atoms with E-state index < -0.39 is 12.2 Å². The van der Waals surface area contributed by atoms with Crippen LogP contribution in [-0.2, 0) is 22.7 Å². The number of thiazole rings is 2. The van der Waals surface area contributed by atoms with Crippen LogP contribution in [0.15, 0.2) is 23.4 Å². The fraction of sp³-hybridized carbons (Fsp3) is 0.667. The van der Waals surface area contributed by atoms with Crippen molar-refractivity contribution >= 4 is 34.9 Å². The topological polar surface area (TPSA) is 106 Å². The summed E-state index contributed by atoms with van der Waals surface area (Å²) in [4.78, 5) is 36.9. The van der Waals surface area contributed by atoms with Gasteiger partial charge in [0.25, 0.3) is 0 Å². The number of amides is 2. The van der Waals surface area contributed by atoms with Gasteiger partial charge in [-0.25, -0.2) is 9.59 Å². The lowest BCUT2D eigenvalue weighted by Gasteiger charge is -2.31. The number of nitrogens with zero attached hydrogens (tertiary/aromatic N) is 3. The van der Waals surface area contributed by atoms with Crippen LogP contribution < -0.4 is 10.6 Å². The van der Waals surface area contributed by atoms with Gasteiger partial charge in [-0.1, -0.05) is 34.6 Å². The summed E-state index contributed by atoms with van der Waals surface area (Å²) >= 11 is 2.91. The van der Waals surface area contributed by atoms with Crippen molar-refractivity contribution in [2.45, 2.75) is 72.8 Å². The van der Waals surface area contributed by atoms with Gasteiger partial charge < -0.3 is 20.1 Å². The maximum Gasteiger partial charge on any atom is 0.407 e. The van der Waals surface area contributed by atoms with Gasteiger partial charge in [0, 0.05) is 37.6 Å². The highest BCUT2D eigenvalue weighted by Gasteiger charge is 2.22. The van der Waals surface area contributed by atoms with Crippen LogP contribution in [-0.4, -0.2) is 58.8 Å². The first-order chi connectivity index (χ1) is 16.7. The van der Waals surface area contributed by atoms with Crippen molar-refractivity contribution in [1.29, 1.82) is 0 Å². The third-order valence-corrected chi connectivity index (χ3v) is 6.72. The molecule has 0 radical (unpaired) electrons. The van der Waals surface area contributed by atoms with Crippen molar-refractivity contribution in [2.24, 2.45) is 11.8 Å². The smallest absolute Gasteiger partial charge is 0.407 e. The van der Waals surface area contributed by atoms with E-state index in [0.29, 0.717) is 24.9 Å². The van der Waals surface area contributed by atoms with Gasteiger partial charge in [-0.3, -0.25) is 14.9 Å². The number of carbonyl (C=O) groups is 2. The summed E-state index contributed by atoms with van der Waals surface area (Å²) in [6.07, 6.45) is 4.20. The summed E-state index contributed by atoms with van der Waals surface area (Å²) in [6, 6.07) is -0.135. The van der Waals surface area contributed by atoms with Crippen LogP contribution >= 0.6 is 22.7 Å². The van der Waals surface area contributed by atoms with Crippen LogP contribution in [0.1, 0.15) is 57.2 Å². The van der Waals surface area contributed by atoms with Gasteiger partial charge in [0.15, 0.2) is 0 Å².